The number of aliphatic carboxylic acids is 1. The topological polar surface area (TPSA) is 667 Å². The third-order valence-electron chi connectivity index (χ3n) is 18.3. The number of cyclic esters (lactones) is 2. The number of halogens is 2. The highest BCUT2D eigenvalue weighted by Gasteiger charge is 2.66. The summed E-state index contributed by atoms with van der Waals surface area (Å²) in [6.45, 7) is 25.4. The van der Waals surface area contributed by atoms with E-state index < -0.39 is 171 Å². The Morgan fingerprint density at radius 3 is 1.27 bits per heavy atom. The molecule has 0 saturated carbocycles. The van der Waals surface area contributed by atoms with Crippen LogP contribution in [0.25, 0.3) is 22.3 Å². The van der Waals surface area contributed by atoms with E-state index in [-0.39, 0.29) is 107 Å². The van der Waals surface area contributed by atoms with Gasteiger partial charge in [0.25, 0.3) is 5.79 Å². The number of alkyl halides is 2. The third kappa shape index (κ3) is 34.3. The molecule has 0 aliphatic carbocycles. The zero-order valence-electron chi connectivity index (χ0n) is 78.0. The van der Waals surface area contributed by atoms with Gasteiger partial charge < -0.3 is 94.2 Å². The van der Waals surface area contributed by atoms with Gasteiger partial charge in [0, 0.05) is 42.5 Å². The molecule has 3 fully saturated rings. The lowest BCUT2D eigenvalue weighted by atomic mass is 9.94. The quantitative estimate of drug-likeness (QED) is 0.00478. The molecule has 0 amide bonds. The molecule has 4 aromatic heterocycles. The number of benzene rings is 1. The number of nitrogen functional groups attached to an aromatic ring is 2. The van der Waals surface area contributed by atoms with Gasteiger partial charge in [-0.2, -0.15) is 19.9 Å². The molecule has 3 aliphatic rings. The van der Waals surface area contributed by atoms with Crippen molar-refractivity contribution in [1.82, 2.24) is 39.0 Å². The van der Waals surface area contributed by atoms with E-state index in [0.717, 1.165) is 72.6 Å². The van der Waals surface area contributed by atoms with Crippen molar-refractivity contribution < 1.29 is 181 Å². The van der Waals surface area contributed by atoms with Gasteiger partial charge in [0.15, 0.2) is 59.2 Å². The number of hydrogen-bond acceptors (Lipinski definition) is 47. The Labute approximate surface area is 788 Å². The normalized spacial score (nSPS) is 19.5. The van der Waals surface area contributed by atoms with Crippen LogP contribution in [0.4, 0.5) is 26.4 Å². The molecular formula is C78H118F2N11O36P3S4+2. The number of aromatic nitrogens is 8. The van der Waals surface area contributed by atoms with E-state index in [0.29, 0.717) is 29.6 Å². The summed E-state index contributed by atoms with van der Waals surface area (Å²) in [5.74, 6) is -8.27. The highest BCUT2D eigenvalue weighted by atomic mass is 32.2. The Morgan fingerprint density at radius 2 is 0.940 bits per heavy atom. The first-order valence-corrected chi connectivity index (χ1v) is 48.6. The lowest BCUT2D eigenvalue weighted by Crippen LogP contribution is -2.54. The fourth-order valence-corrected chi connectivity index (χ4v) is 16.0. The number of carbonyl (C=O) groups is 12. The number of thioether (sulfide) groups is 4. The molecule has 0 radical (unpaired) electrons. The van der Waals surface area contributed by atoms with Gasteiger partial charge in [-0.15, -0.1) is 9.05 Å². The van der Waals surface area contributed by atoms with Crippen molar-refractivity contribution in [3.05, 3.63) is 43.0 Å². The number of ether oxygens (including phenoxy) is 11. The molecule has 7 heterocycles. The predicted octanol–water partition coefficient (Wildman–Crippen LogP) is 7.20. The number of imidazole rings is 2. The number of nitrogens with zero attached hydrogens (tertiary/aromatic N) is 8. The summed E-state index contributed by atoms with van der Waals surface area (Å²) in [7, 11) is -1.39. The van der Waals surface area contributed by atoms with Gasteiger partial charge in [-0.1, -0.05) is 65.2 Å². The molecule has 8 rings (SSSR count). The highest BCUT2D eigenvalue weighted by Crippen LogP contribution is 2.52. The van der Waals surface area contributed by atoms with Gasteiger partial charge in [-0.3, -0.25) is 80.8 Å². The summed E-state index contributed by atoms with van der Waals surface area (Å²) in [4.78, 5) is 159. The summed E-state index contributed by atoms with van der Waals surface area (Å²) < 4.78 is 143. The number of aliphatic hydroxyl groups is 5. The van der Waals surface area contributed by atoms with Crippen LogP contribution in [0.2, 0.25) is 0 Å². The SMILES string of the molecule is CC1(C)OC(=O)CC(=O)O1.CCOc1nc(N)nc2c1ncn2[C@@H]1O[C@H](CO)C(O)(O)[C@@]1(C)F.CCOc1nc(N)nc2c1ncn2[C@@H]1O[C@H](COP(=O)(Nc2ccccc2)OCCSC(=O)C(C)(C)C(=O)OC)[C@@H](O)[C@@]1(C)F.COC(=O)C(C)(C)C(=O)O.COC(=O)C(C)(C)C(=O)SCCO.COC(=O)C(C)(C)C(=O)SCCO[P+](C)=O.COC(=O)C(C)(C)C(=O)SCCO[P+](C)=O. The predicted molar refractivity (Wildman–Crippen MR) is 482 cm³/mol. The Morgan fingerprint density at radius 1 is 0.575 bits per heavy atom. The first-order chi connectivity index (χ1) is 62.0. The van der Waals surface area contributed by atoms with Gasteiger partial charge >= 0.3 is 71.6 Å². The van der Waals surface area contributed by atoms with Crippen molar-refractivity contribution in [2.24, 2.45) is 27.1 Å². The Bertz CT molecular complexity index is 4860. The van der Waals surface area contributed by atoms with E-state index in [4.69, 9.17) is 58.7 Å². The van der Waals surface area contributed by atoms with Gasteiger partial charge in [0.1, 0.15) is 59.6 Å². The van der Waals surface area contributed by atoms with Crippen LogP contribution in [0.15, 0.2) is 43.0 Å². The van der Waals surface area contributed by atoms with Crippen LogP contribution in [-0.2, 0) is 132 Å². The molecule has 752 valence electrons. The van der Waals surface area contributed by atoms with Crippen molar-refractivity contribution in [3.63, 3.8) is 0 Å². The van der Waals surface area contributed by atoms with Crippen molar-refractivity contribution in [3.8, 4) is 11.8 Å². The number of methoxy groups -OCH3 is 5. The summed E-state index contributed by atoms with van der Waals surface area (Å²) in [5.41, 5.74) is 1.22. The standard InChI is InChI=1S/C27H36FN6O9PS.C13H18FN5O5.2C9H16O5PS.C8H14O4S.C6H8O4.C6H10O4/c1-6-40-21-18-20(31-25(29)32-21)34(15-30-18)22-27(4,28)19(35)17(43-22)14-42-44(38,33-16-10-8-7-9-11-16)41-12-13-45-24(37)26(2,3)23(36)39-5;1-3-23-9-7-8(17-11(15)18-9)19(5-16-7)10-12(2,14)13(21,22)6(4-20)24-10;2*1-9(2,7(10)13-3)8(11)16-6-5-14-15(4)12;1-8(2,6(10)12-3)7(11)13-5-4-9;1-6(2)9-4(7)3-5(8)10-6;1-6(2,4(7)8)5(9)10-3/h7-11,15,17,19,22,35H,6,12-14H2,1-5H3,(H,33,38)(H2,29,31,32);5-6,10,20-22H,3-4H2,1-2H3,(H2,15,17,18);2*5-6H2,1-4H3;9H,4-5H2,1-3H3;3H2,1-2H3;1-3H3,(H,7,8)/q;;2*+1;;;/t17-,19-,22-,27-,44?;6-,10-,12+;;;;;/m11...../s1. The number of carbonyl (C=O) groups excluding carboxylic acids is 11. The molecule has 0 spiro atoms. The second-order valence-electron chi connectivity index (χ2n) is 31.2. The average Bonchev–Trinajstić information content (AvgIpc) is 1.57. The molecule has 0 bridgehead atoms. The number of para-hydroxylation sites is 1. The van der Waals surface area contributed by atoms with E-state index >= 15 is 8.78 Å². The molecule has 3 aliphatic heterocycles. The fourth-order valence-electron chi connectivity index (χ4n) is 10.5. The number of rotatable bonds is 36. The van der Waals surface area contributed by atoms with Crippen LogP contribution in [-0.4, -0.2) is 304 Å². The number of anilines is 3. The lowest BCUT2D eigenvalue weighted by molar-refractivity contribution is -0.249. The fraction of sp³-hybridized carbons (Fsp3) is 0.641. The number of fused-ring (bicyclic) bond motifs is 2. The second-order valence-corrected chi connectivity index (χ2v) is 39.5. The van der Waals surface area contributed by atoms with E-state index in [1.165, 1.54) is 142 Å². The Kier molecular flexibility index (Phi) is 48.5. The molecule has 56 heteroatoms. The Hall–Kier alpha value is -8.99. The van der Waals surface area contributed by atoms with Crippen LogP contribution in [0.1, 0.15) is 130 Å². The van der Waals surface area contributed by atoms with Crippen molar-refractivity contribution in [2.45, 2.75) is 171 Å². The van der Waals surface area contributed by atoms with E-state index in [9.17, 15) is 91.7 Å². The van der Waals surface area contributed by atoms with Crippen LogP contribution in [0, 0.1) is 27.1 Å². The number of carboxylic acid groups (broad SMARTS) is 1. The molecular weight excluding hydrogens is 1930 g/mol. The number of hydrogen-bond donors (Lipinski definition) is 9. The summed E-state index contributed by atoms with van der Waals surface area (Å²) in [6, 6.07) is 8.40. The molecule has 3 unspecified atom stereocenters. The van der Waals surface area contributed by atoms with Crippen LogP contribution >= 0.6 is 70.8 Å². The van der Waals surface area contributed by atoms with Crippen molar-refractivity contribution >= 4 is 179 Å². The molecule has 1 aromatic carbocycles. The Balaban J connectivity index is 0.000000577. The molecule has 11 N–H and O–H groups in total. The maximum Gasteiger partial charge on any atom is 0.504 e. The average molecular weight is 2050 g/mol. The van der Waals surface area contributed by atoms with Gasteiger partial charge in [-0.05, 0) is 118 Å². The smallest absolute Gasteiger partial charge is 0.480 e. The molecule has 5 aromatic rings. The van der Waals surface area contributed by atoms with Crippen LogP contribution < -0.4 is 26.0 Å². The summed E-state index contributed by atoms with van der Waals surface area (Å²) in [6.07, 6.45) is -5.31. The number of nitrogens with one attached hydrogen (secondary N) is 1. The van der Waals surface area contributed by atoms with Crippen molar-refractivity contribution in [2.75, 3.05) is 141 Å². The van der Waals surface area contributed by atoms with Crippen molar-refractivity contribution in [1.29, 1.82) is 0 Å². The number of aliphatic hydroxyl groups excluding tert-OH is 3. The first-order valence-electron chi connectivity index (χ1n) is 39.9. The number of esters is 7. The van der Waals surface area contributed by atoms with E-state index in [2.05, 4.69) is 68.1 Å². The summed E-state index contributed by atoms with van der Waals surface area (Å²) >= 11 is 3.69. The summed E-state index contributed by atoms with van der Waals surface area (Å²) in [5, 5.41) is 58.5. The zero-order valence-corrected chi connectivity index (χ0v) is 84.0. The van der Waals surface area contributed by atoms with Gasteiger partial charge in [0.05, 0.1) is 87.8 Å². The minimum atomic E-state index is -4.18. The second kappa shape index (κ2) is 53.7. The highest BCUT2D eigenvalue weighted by molar-refractivity contribution is 8.14. The largest absolute Gasteiger partial charge is 0.504 e. The minimum absolute atomic E-state index is 0.0265. The molecule has 47 nitrogen and oxygen atoms in total. The first kappa shape index (κ1) is 121. The molecule has 3 saturated heterocycles. The minimum Gasteiger partial charge on any atom is -0.480 e. The van der Waals surface area contributed by atoms with Gasteiger partial charge in [-0.25, -0.2) is 23.3 Å². The van der Waals surface area contributed by atoms with Crippen LogP contribution in [0.3, 0.4) is 0 Å². The monoisotopic (exact) mass is 2040 g/mol. The van der Waals surface area contributed by atoms with Gasteiger partial charge in [0.2, 0.25) is 55.6 Å². The molecule has 134 heavy (non-hydrogen) atoms. The maximum absolute atomic E-state index is 16.1. The zero-order chi connectivity index (χ0) is 103. The number of nitrogens with two attached hydrogens (primary N) is 2. The molecule has 10 atom stereocenters. The van der Waals surface area contributed by atoms with E-state index in [1.54, 1.807) is 44.2 Å². The van der Waals surface area contributed by atoms with Crippen LogP contribution in [0.5, 0.6) is 11.8 Å². The number of carboxylic acids is 1. The lowest BCUT2D eigenvalue weighted by Gasteiger charge is -2.30. The third-order valence-corrected chi connectivity index (χ3v) is 25.5. The maximum atomic E-state index is 16.1. The van der Waals surface area contributed by atoms with E-state index in [1.807, 2.05) is 0 Å².